The summed E-state index contributed by atoms with van der Waals surface area (Å²) in [7, 11) is 0. The zero-order valence-electron chi connectivity index (χ0n) is 12.1. The normalized spacial score (nSPS) is 10.9. The van der Waals surface area contributed by atoms with E-state index in [4.69, 9.17) is 11.6 Å². The van der Waals surface area contributed by atoms with Crippen molar-refractivity contribution in [3.63, 3.8) is 0 Å². The van der Waals surface area contributed by atoms with Crippen LogP contribution in [0, 0.1) is 0 Å². The van der Waals surface area contributed by atoms with Crippen molar-refractivity contribution in [3.05, 3.63) is 41.8 Å². The van der Waals surface area contributed by atoms with Gasteiger partial charge in [0, 0.05) is 11.3 Å². The van der Waals surface area contributed by atoms with Gasteiger partial charge in [-0.2, -0.15) is 0 Å². The van der Waals surface area contributed by atoms with Crippen LogP contribution in [0.4, 0.5) is 11.5 Å². The van der Waals surface area contributed by atoms with E-state index in [1.165, 1.54) is 6.20 Å². The average Bonchev–Trinajstić information content (AvgIpc) is 2.97. The van der Waals surface area contributed by atoms with Gasteiger partial charge in [0.1, 0.15) is 5.15 Å². The lowest BCUT2D eigenvalue weighted by Gasteiger charge is -2.10. The van der Waals surface area contributed by atoms with E-state index < -0.39 is 0 Å². The van der Waals surface area contributed by atoms with E-state index in [0.717, 1.165) is 17.1 Å². The predicted octanol–water partition coefficient (Wildman–Crippen LogP) is 3.11. The van der Waals surface area contributed by atoms with E-state index in [2.05, 4.69) is 30.8 Å². The van der Waals surface area contributed by atoms with Gasteiger partial charge in [-0.3, -0.25) is 4.98 Å². The smallest absolute Gasteiger partial charge is 0.182 e. The minimum absolute atomic E-state index is 0.181. The van der Waals surface area contributed by atoms with E-state index in [-0.39, 0.29) is 6.04 Å². The van der Waals surface area contributed by atoms with E-state index in [1.54, 1.807) is 10.9 Å². The lowest BCUT2D eigenvalue weighted by atomic mass is 10.2. The Hall–Kier alpha value is -2.54. The second-order valence-corrected chi connectivity index (χ2v) is 5.36. The lowest BCUT2D eigenvalue weighted by Crippen LogP contribution is -2.05. The first kappa shape index (κ1) is 14.4. The van der Waals surface area contributed by atoms with Crippen LogP contribution in [0.15, 0.2) is 36.7 Å². The molecule has 1 aromatic carbocycles. The van der Waals surface area contributed by atoms with Gasteiger partial charge >= 0.3 is 0 Å². The fourth-order valence-corrected chi connectivity index (χ4v) is 2.17. The van der Waals surface area contributed by atoms with Crippen molar-refractivity contribution in [2.24, 2.45) is 0 Å². The maximum absolute atomic E-state index is 5.84. The highest BCUT2D eigenvalue weighted by molar-refractivity contribution is 6.29. The molecular formula is C14H14ClN7. The highest BCUT2D eigenvalue weighted by Gasteiger charge is 2.11. The number of benzene rings is 1. The second-order valence-electron chi connectivity index (χ2n) is 4.97. The van der Waals surface area contributed by atoms with Crippen LogP contribution in [0.2, 0.25) is 5.15 Å². The summed E-state index contributed by atoms with van der Waals surface area (Å²) >= 11 is 5.84. The first-order valence-corrected chi connectivity index (χ1v) is 7.14. The van der Waals surface area contributed by atoms with Gasteiger partial charge in [-0.25, -0.2) is 9.67 Å². The summed E-state index contributed by atoms with van der Waals surface area (Å²) in [6, 6.07) is 7.94. The van der Waals surface area contributed by atoms with Crippen LogP contribution in [0.25, 0.3) is 11.4 Å². The molecule has 1 N–H and O–H groups in total. The van der Waals surface area contributed by atoms with Crippen molar-refractivity contribution >= 4 is 23.1 Å². The van der Waals surface area contributed by atoms with E-state index in [9.17, 15) is 0 Å². The molecule has 0 atom stereocenters. The Bertz CT molecular complexity index is 784. The Kier molecular flexibility index (Phi) is 3.97. The third-order valence-corrected chi connectivity index (χ3v) is 3.16. The maximum atomic E-state index is 5.84. The first-order chi connectivity index (χ1) is 10.6. The van der Waals surface area contributed by atoms with Crippen molar-refractivity contribution in [2.75, 3.05) is 5.32 Å². The Balaban J connectivity index is 1.91. The number of rotatable bonds is 4. The van der Waals surface area contributed by atoms with Crippen molar-refractivity contribution in [1.29, 1.82) is 0 Å². The van der Waals surface area contributed by atoms with Crippen LogP contribution in [-0.4, -0.2) is 30.2 Å². The molecule has 0 aliphatic heterocycles. The standard InChI is InChI=1S/C14H14ClN7/c1-9(2)22-14(19-20-21-22)10-4-3-5-11(6-10)17-13-8-16-7-12(15)18-13/h3-9H,1-2H3,(H,17,18). The Labute approximate surface area is 132 Å². The summed E-state index contributed by atoms with van der Waals surface area (Å²) in [5.41, 5.74) is 1.77. The number of tetrazole rings is 1. The van der Waals surface area contributed by atoms with Gasteiger partial charge in [0.15, 0.2) is 11.6 Å². The molecule has 0 saturated carbocycles. The average molecular weight is 316 g/mol. The van der Waals surface area contributed by atoms with Gasteiger partial charge in [-0.1, -0.05) is 23.7 Å². The molecule has 0 saturated heterocycles. The fourth-order valence-electron chi connectivity index (χ4n) is 2.02. The molecule has 0 aliphatic rings. The fraction of sp³-hybridized carbons (Fsp3) is 0.214. The van der Waals surface area contributed by atoms with Crippen LogP contribution in [0.3, 0.4) is 0 Å². The third-order valence-electron chi connectivity index (χ3n) is 2.98. The number of halogens is 1. The molecule has 0 amide bonds. The molecule has 112 valence electrons. The predicted molar refractivity (Wildman–Crippen MR) is 84.0 cm³/mol. The summed E-state index contributed by atoms with van der Waals surface area (Å²) in [6.45, 7) is 4.06. The van der Waals surface area contributed by atoms with Crippen molar-refractivity contribution < 1.29 is 0 Å². The van der Waals surface area contributed by atoms with Crippen LogP contribution in [-0.2, 0) is 0 Å². The molecule has 0 aliphatic carbocycles. The van der Waals surface area contributed by atoms with Gasteiger partial charge in [-0.05, 0) is 36.4 Å². The quantitative estimate of drug-likeness (QED) is 0.796. The van der Waals surface area contributed by atoms with E-state index in [1.807, 2.05) is 38.1 Å². The van der Waals surface area contributed by atoms with Gasteiger partial charge in [0.2, 0.25) is 0 Å². The Morgan fingerprint density at radius 3 is 2.86 bits per heavy atom. The Morgan fingerprint density at radius 1 is 1.23 bits per heavy atom. The number of hydrogen-bond donors (Lipinski definition) is 1. The zero-order chi connectivity index (χ0) is 15.5. The molecule has 3 aromatic rings. The largest absolute Gasteiger partial charge is 0.339 e. The molecule has 2 aromatic heterocycles. The monoisotopic (exact) mass is 315 g/mol. The first-order valence-electron chi connectivity index (χ1n) is 6.76. The highest BCUT2D eigenvalue weighted by atomic mass is 35.5. The molecule has 22 heavy (non-hydrogen) atoms. The summed E-state index contributed by atoms with van der Waals surface area (Å²) in [5, 5.41) is 15.4. The number of nitrogens with one attached hydrogen (secondary N) is 1. The van der Waals surface area contributed by atoms with Crippen molar-refractivity contribution in [3.8, 4) is 11.4 Å². The molecule has 0 fully saturated rings. The van der Waals surface area contributed by atoms with Crippen LogP contribution in [0.5, 0.6) is 0 Å². The van der Waals surface area contributed by atoms with E-state index in [0.29, 0.717) is 11.0 Å². The minimum atomic E-state index is 0.181. The summed E-state index contributed by atoms with van der Waals surface area (Å²) in [5.74, 6) is 1.30. The van der Waals surface area contributed by atoms with Crippen molar-refractivity contribution in [1.82, 2.24) is 30.2 Å². The van der Waals surface area contributed by atoms with Crippen LogP contribution < -0.4 is 5.32 Å². The molecule has 0 unspecified atom stereocenters. The van der Waals surface area contributed by atoms with Gasteiger partial charge in [0.25, 0.3) is 0 Å². The SMILES string of the molecule is CC(C)n1nnnc1-c1cccc(Nc2cncc(Cl)n2)c1. The van der Waals surface area contributed by atoms with Crippen LogP contribution >= 0.6 is 11.6 Å². The third kappa shape index (κ3) is 3.04. The Morgan fingerprint density at radius 2 is 2.09 bits per heavy atom. The van der Waals surface area contributed by atoms with Crippen LogP contribution in [0.1, 0.15) is 19.9 Å². The molecule has 7 nitrogen and oxygen atoms in total. The summed E-state index contributed by atoms with van der Waals surface area (Å²) in [4.78, 5) is 8.15. The topological polar surface area (TPSA) is 81.4 Å². The van der Waals surface area contributed by atoms with E-state index >= 15 is 0 Å². The number of nitrogens with zero attached hydrogens (tertiary/aromatic N) is 6. The molecule has 3 rings (SSSR count). The summed E-state index contributed by atoms with van der Waals surface area (Å²) in [6.07, 6.45) is 3.09. The molecule has 0 bridgehead atoms. The highest BCUT2D eigenvalue weighted by Crippen LogP contribution is 2.24. The number of aromatic nitrogens is 6. The second kappa shape index (κ2) is 6.07. The number of hydrogen-bond acceptors (Lipinski definition) is 6. The van der Waals surface area contributed by atoms with Gasteiger partial charge in [-0.15, -0.1) is 5.10 Å². The minimum Gasteiger partial charge on any atom is -0.339 e. The molecular weight excluding hydrogens is 302 g/mol. The zero-order valence-corrected chi connectivity index (χ0v) is 12.9. The molecule has 2 heterocycles. The number of anilines is 2. The summed E-state index contributed by atoms with van der Waals surface area (Å²) < 4.78 is 1.78. The van der Waals surface area contributed by atoms with Crippen molar-refractivity contribution in [2.45, 2.75) is 19.9 Å². The maximum Gasteiger partial charge on any atom is 0.182 e. The molecule has 8 heteroatoms. The van der Waals surface area contributed by atoms with Gasteiger partial charge in [0.05, 0.1) is 18.4 Å². The molecule has 0 spiro atoms. The molecule has 0 radical (unpaired) electrons. The van der Waals surface area contributed by atoms with Gasteiger partial charge < -0.3 is 5.32 Å². The lowest BCUT2D eigenvalue weighted by molar-refractivity contribution is 0.519.